The lowest BCUT2D eigenvalue weighted by Crippen LogP contribution is -2.40. The average Bonchev–Trinajstić information content (AvgIpc) is 3.14. The molecular formula is C16H26N4O. The molecule has 0 N–H and O–H groups in total. The van der Waals surface area contributed by atoms with Crippen LogP contribution in [0.3, 0.4) is 0 Å². The van der Waals surface area contributed by atoms with Gasteiger partial charge >= 0.3 is 0 Å². The largest absolute Gasteiger partial charge is 0.339 e. The van der Waals surface area contributed by atoms with Crippen molar-refractivity contribution in [3.63, 3.8) is 0 Å². The number of aromatic nitrogens is 3. The summed E-state index contributed by atoms with van der Waals surface area (Å²) in [6, 6.07) is 0.514. The third-order valence-corrected chi connectivity index (χ3v) is 5.06. The Hall–Kier alpha value is -1.39. The predicted molar refractivity (Wildman–Crippen MR) is 80.6 cm³/mol. The van der Waals surface area contributed by atoms with E-state index in [1.54, 1.807) is 4.68 Å². The van der Waals surface area contributed by atoms with Gasteiger partial charge in [0.15, 0.2) is 0 Å². The van der Waals surface area contributed by atoms with E-state index in [4.69, 9.17) is 0 Å². The van der Waals surface area contributed by atoms with Crippen LogP contribution in [-0.2, 0) is 18.3 Å². The van der Waals surface area contributed by atoms with Crippen molar-refractivity contribution >= 4 is 5.91 Å². The number of aryl methyl sites for hydroxylation is 2. The number of carbonyl (C=O) groups excluding carboxylic acids is 1. The van der Waals surface area contributed by atoms with Crippen molar-refractivity contribution in [2.75, 3.05) is 6.54 Å². The molecule has 2 fully saturated rings. The van der Waals surface area contributed by atoms with Gasteiger partial charge in [0.05, 0.1) is 5.69 Å². The van der Waals surface area contributed by atoms with E-state index in [1.165, 1.54) is 44.9 Å². The van der Waals surface area contributed by atoms with Gasteiger partial charge in [0, 0.05) is 38.7 Å². The summed E-state index contributed by atoms with van der Waals surface area (Å²) in [6.07, 6.45) is 12.3. The van der Waals surface area contributed by atoms with Gasteiger partial charge in [-0.3, -0.25) is 9.48 Å². The third-order valence-electron chi connectivity index (χ3n) is 5.06. The van der Waals surface area contributed by atoms with E-state index in [0.717, 1.165) is 18.2 Å². The summed E-state index contributed by atoms with van der Waals surface area (Å²) < 4.78 is 1.69. The molecular weight excluding hydrogens is 264 g/mol. The maximum atomic E-state index is 12.5. The molecule has 1 unspecified atom stereocenters. The Morgan fingerprint density at radius 2 is 2.05 bits per heavy atom. The number of carbonyl (C=O) groups is 1. The average molecular weight is 290 g/mol. The lowest BCUT2D eigenvalue weighted by atomic mass is 9.83. The van der Waals surface area contributed by atoms with Crippen LogP contribution in [0.5, 0.6) is 0 Å². The van der Waals surface area contributed by atoms with E-state index in [-0.39, 0.29) is 0 Å². The molecule has 0 aromatic carbocycles. The van der Waals surface area contributed by atoms with Gasteiger partial charge in [0.2, 0.25) is 5.91 Å². The van der Waals surface area contributed by atoms with E-state index in [0.29, 0.717) is 24.8 Å². The van der Waals surface area contributed by atoms with Crippen LogP contribution in [0.2, 0.25) is 0 Å². The molecule has 0 radical (unpaired) electrons. The van der Waals surface area contributed by atoms with Gasteiger partial charge in [0.1, 0.15) is 0 Å². The van der Waals surface area contributed by atoms with Gasteiger partial charge in [0.25, 0.3) is 0 Å². The zero-order valence-corrected chi connectivity index (χ0v) is 13.0. The molecule has 2 heterocycles. The van der Waals surface area contributed by atoms with Crippen molar-refractivity contribution < 1.29 is 4.79 Å². The highest BCUT2D eigenvalue weighted by Crippen LogP contribution is 2.34. The van der Waals surface area contributed by atoms with Crippen LogP contribution in [0.1, 0.15) is 57.1 Å². The van der Waals surface area contributed by atoms with Gasteiger partial charge in [-0.2, -0.15) is 0 Å². The van der Waals surface area contributed by atoms with Gasteiger partial charge in [-0.25, -0.2) is 0 Å². The molecule has 21 heavy (non-hydrogen) atoms. The van der Waals surface area contributed by atoms with Crippen molar-refractivity contribution in [3.8, 4) is 0 Å². The van der Waals surface area contributed by atoms with Crippen LogP contribution in [0.15, 0.2) is 6.20 Å². The van der Waals surface area contributed by atoms with Crippen LogP contribution in [-0.4, -0.2) is 38.4 Å². The molecule has 1 saturated carbocycles. The second kappa shape index (κ2) is 6.58. The molecule has 3 rings (SSSR count). The Kier molecular flexibility index (Phi) is 4.56. The first-order chi connectivity index (χ1) is 10.2. The highest BCUT2D eigenvalue weighted by Gasteiger charge is 2.34. The summed E-state index contributed by atoms with van der Waals surface area (Å²) in [5, 5.41) is 7.99. The fourth-order valence-electron chi connectivity index (χ4n) is 4.00. The molecule has 1 amide bonds. The van der Waals surface area contributed by atoms with Crippen molar-refractivity contribution in [2.24, 2.45) is 13.0 Å². The van der Waals surface area contributed by atoms with Crippen LogP contribution in [0.25, 0.3) is 0 Å². The van der Waals surface area contributed by atoms with Gasteiger partial charge in [-0.05, 0) is 31.6 Å². The Morgan fingerprint density at radius 1 is 1.24 bits per heavy atom. The maximum Gasteiger partial charge on any atom is 0.223 e. The van der Waals surface area contributed by atoms with E-state index in [1.807, 2.05) is 13.2 Å². The smallest absolute Gasteiger partial charge is 0.223 e. The highest BCUT2D eigenvalue weighted by molar-refractivity contribution is 5.77. The van der Waals surface area contributed by atoms with Crippen LogP contribution >= 0.6 is 0 Å². The number of rotatable bonds is 4. The SMILES string of the molecule is Cn1cc(CCC(=O)N2CCCC2C2CCCCC2)nn1. The van der Waals surface area contributed by atoms with Crippen molar-refractivity contribution in [1.29, 1.82) is 0 Å². The van der Waals surface area contributed by atoms with Crippen LogP contribution in [0.4, 0.5) is 0 Å². The summed E-state index contributed by atoms with van der Waals surface area (Å²) in [4.78, 5) is 14.7. The Morgan fingerprint density at radius 3 is 2.76 bits per heavy atom. The van der Waals surface area contributed by atoms with Crippen LogP contribution < -0.4 is 0 Å². The molecule has 1 aromatic heterocycles. The molecule has 1 aliphatic carbocycles. The first kappa shape index (κ1) is 14.5. The number of nitrogens with zero attached hydrogens (tertiary/aromatic N) is 4. The van der Waals surface area contributed by atoms with E-state index in [9.17, 15) is 4.79 Å². The summed E-state index contributed by atoms with van der Waals surface area (Å²) in [5.41, 5.74) is 0.916. The molecule has 116 valence electrons. The molecule has 1 atom stereocenters. The Balaban J connectivity index is 1.55. The molecule has 2 aliphatic rings. The summed E-state index contributed by atoms with van der Waals surface area (Å²) >= 11 is 0. The number of amides is 1. The molecule has 0 spiro atoms. The van der Waals surface area contributed by atoms with E-state index >= 15 is 0 Å². The summed E-state index contributed by atoms with van der Waals surface area (Å²) in [6.45, 7) is 0.959. The highest BCUT2D eigenvalue weighted by atomic mass is 16.2. The maximum absolute atomic E-state index is 12.5. The molecule has 0 bridgehead atoms. The van der Waals surface area contributed by atoms with Crippen molar-refractivity contribution in [1.82, 2.24) is 19.9 Å². The monoisotopic (exact) mass is 290 g/mol. The summed E-state index contributed by atoms with van der Waals surface area (Å²) in [5.74, 6) is 1.07. The predicted octanol–water partition coefficient (Wildman–Crippen LogP) is 2.32. The first-order valence-electron chi connectivity index (χ1n) is 8.39. The lowest BCUT2D eigenvalue weighted by molar-refractivity contribution is -0.133. The standard InChI is InChI=1S/C16H26N4O/c1-19-12-14(17-18-19)9-10-16(21)20-11-5-8-15(20)13-6-3-2-4-7-13/h12-13,15H,2-11H2,1H3. The Labute approximate surface area is 126 Å². The van der Waals surface area contributed by atoms with Crippen molar-refractivity contribution in [3.05, 3.63) is 11.9 Å². The first-order valence-corrected chi connectivity index (χ1v) is 8.39. The van der Waals surface area contributed by atoms with E-state index in [2.05, 4.69) is 15.2 Å². The fourth-order valence-corrected chi connectivity index (χ4v) is 4.00. The lowest BCUT2D eigenvalue weighted by Gasteiger charge is -2.34. The second-order valence-electron chi connectivity index (χ2n) is 6.58. The summed E-state index contributed by atoms with van der Waals surface area (Å²) in [7, 11) is 1.86. The number of hydrogen-bond donors (Lipinski definition) is 0. The normalized spacial score (nSPS) is 23.7. The van der Waals surface area contributed by atoms with Gasteiger partial charge in [-0.15, -0.1) is 5.10 Å². The minimum Gasteiger partial charge on any atom is -0.339 e. The van der Waals surface area contributed by atoms with Crippen LogP contribution in [0, 0.1) is 5.92 Å². The minimum atomic E-state index is 0.314. The number of hydrogen-bond acceptors (Lipinski definition) is 3. The van der Waals surface area contributed by atoms with E-state index < -0.39 is 0 Å². The van der Waals surface area contributed by atoms with Gasteiger partial charge in [-0.1, -0.05) is 24.5 Å². The van der Waals surface area contributed by atoms with Gasteiger partial charge < -0.3 is 4.90 Å². The molecule has 1 aliphatic heterocycles. The molecule has 5 heteroatoms. The molecule has 5 nitrogen and oxygen atoms in total. The minimum absolute atomic E-state index is 0.314. The molecule has 1 aromatic rings. The second-order valence-corrected chi connectivity index (χ2v) is 6.58. The zero-order chi connectivity index (χ0) is 14.7. The zero-order valence-electron chi connectivity index (χ0n) is 13.0. The fraction of sp³-hybridized carbons (Fsp3) is 0.812. The third kappa shape index (κ3) is 3.44. The topological polar surface area (TPSA) is 51.0 Å². The van der Waals surface area contributed by atoms with Crippen molar-refractivity contribution in [2.45, 2.75) is 63.8 Å². The molecule has 1 saturated heterocycles. The number of likely N-dealkylation sites (tertiary alicyclic amines) is 1. The Bertz CT molecular complexity index is 478. The quantitative estimate of drug-likeness (QED) is 0.855.